The van der Waals surface area contributed by atoms with Gasteiger partial charge < -0.3 is 14.6 Å². The summed E-state index contributed by atoms with van der Waals surface area (Å²) < 4.78 is 47.8. The fourth-order valence-electron chi connectivity index (χ4n) is 3.97. The lowest BCUT2D eigenvalue weighted by Crippen LogP contribution is -2.42. The van der Waals surface area contributed by atoms with Crippen LogP contribution in [0.25, 0.3) is 0 Å². The molecule has 3 aliphatic rings. The first-order valence-corrected chi connectivity index (χ1v) is 6.54. The molecule has 3 fully saturated rings. The number of esters is 1. The zero-order valence-electron chi connectivity index (χ0n) is 10.6. The van der Waals surface area contributed by atoms with Gasteiger partial charge in [-0.3, -0.25) is 0 Å². The van der Waals surface area contributed by atoms with Gasteiger partial charge in [0, 0.05) is 12.5 Å². The van der Waals surface area contributed by atoms with Crippen molar-refractivity contribution in [3.8, 4) is 0 Å². The van der Waals surface area contributed by atoms with Crippen LogP contribution >= 0.6 is 0 Å². The Balaban J connectivity index is 1.73. The molecule has 4 nitrogen and oxygen atoms in total. The number of alkyl halides is 3. The second-order valence-corrected chi connectivity index (χ2v) is 5.72. The summed E-state index contributed by atoms with van der Waals surface area (Å²) >= 11 is 0. The molecule has 1 heterocycles. The van der Waals surface area contributed by atoms with Crippen LogP contribution in [-0.2, 0) is 14.3 Å². The number of hydrogen-bond donors (Lipinski definition) is 1. The summed E-state index contributed by atoms with van der Waals surface area (Å²) in [5, 5.41) is 9.40. The molecule has 1 N–H and O–H groups in total. The molecule has 0 spiro atoms. The molecule has 1 aliphatic heterocycles. The number of hydrogen-bond acceptors (Lipinski definition) is 4. The molecule has 0 aromatic heterocycles. The van der Waals surface area contributed by atoms with Crippen LogP contribution in [0.5, 0.6) is 0 Å². The van der Waals surface area contributed by atoms with E-state index in [2.05, 4.69) is 6.58 Å². The van der Waals surface area contributed by atoms with Gasteiger partial charge in [-0.2, -0.15) is 13.2 Å². The minimum absolute atomic E-state index is 0.0593. The fourth-order valence-corrected chi connectivity index (χ4v) is 3.97. The Morgan fingerprint density at radius 1 is 1.35 bits per heavy atom. The molecule has 0 aromatic carbocycles. The van der Waals surface area contributed by atoms with Gasteiger partial charge in [0.25, 0.3) is 0 Å². The molecule has 1 saturated heterocycles. The predicted molar refractivity (Wildman–Crippen MR) is 60.5 cm³/mol. The van der Waals surface area contributed by atoms with Crippen LogP contribution in [-0.4, -0.2) is 42.7 Å². The summed E-state index contributed by atoms with van der Waals surface area (Å²) in [6.07, 6.45) is -5.10. The van der Waals surface area contributed by atoms with Crippen LogP contribution < -0.4 is 0 Å². The SMILES string of the molecule is C=C(C(=O)OC1C2CC3C(COC31)C2CO)C(F)(F)F. The van der Waals surface area contributed by atoms with Crippen molar-refractivity contribution in [3.63, 3.8) is 0 Å². The number of carbonyl (C=O) groups is 1. The molecule has 0 aromatic rings. The van der Waals surface area contributed by atoms with E-state index < -0.39 is 23.8 Å². The maximum Gasteiger partial charge on any atom is 0.422 e. The first-order chi connectivity index (χ1) is 9.34. The van der Waals surface area contributed by atoms with Crippen molar-refractivity contribution in [2.24, 2.45) is 23.7 Å². The van der Waals surface area contributed by atoms with Crippen molar-refractivity contribution in [2.75, 3.05) is 13.2 Å². The molecule has 2 saturated carbocycles. The number of aliphatic hydroxyl groups excluding tert-OH is 1. The van der Waals surface area contributed by atoms with Crippen LogP contribution in [0.4, 0.5) is 13.2 Å². The summed E-state index contributed by atoms with van der Waals surface area (Å²) in [6.45, 7) is 3.16. The van der Waals surface area contributed by atoms with E-state index in [4.69, 9.17) is 9.47 Å². The van der Waals surface area contributed by atoms with Gasteiger partial charge in [-0.1, -0.05) is 6.58 Å². The smallest absolute Gasteiger partial charge is 0.422 e. The minimum atomic E-state index is -4.79. The lowest BCUT2D eigenvalue weighted by Gasteiger charge is -2.32. The van der Waals surface area contributed by atoms with E-state index in [1.807, 2.05) is 0 Å². The summed E-state index contributed by atoms with van der Waals surface area (Å²) in [6, 6.07) is 0. The third-order valence-electron chi connectivity index (χ3n) is 4.89. The van der Waals surface area contributed by atoms with Crippen LogP contribution in [0.1, 0.15) is 6.42 Å². The first-order valence-electron chi connectivity index (χ1n) is 6.54. The van der Waals surface area contributed by atoms with Gasteiger partial charge in [0.05, 0.1) is 12.7 Å². The van der Waals surface area contributed by atoms with Gasteiger partial charge in [0.1, 0.15) is 11.7 Å². The number of halogens is 3. The molecule has 2 aliphatic carbocycles. The topological polar surface area (TPSA) is 55.8 Å². The van der Waals surface area contributed by atoms with Gasteiger partial charge >= 0.3 is 12.1 Å². The van der Waals surface area contributed by atoms with Crippen molar-refractivity contribution in [1.82, 2.24) is 0 Å². The zero-order chi connectivity index (χ0) is 14.7. The van der Waals surface area contributed by atoms with E-state index in [0.717, 1.165) is 6.42 Å². The molecular weight excluding hydrogens is 277 g/mol. The van der Waals surface area contributed by atoms with E-state index in [0.29, 0.717) is 6.61 Å². The molecule has 7 heteroatoms. The van der Waals surface area contributed by atoms with E-state index >= 15 is 0 Å². The Hall–Kier alpha value is -1.08. The Morgan fingerprint density at radius 2 is 2.05 bits per heavy atom. The lowest BCUT2D eigenvalue weighted by molar-refractivity contribution is -0.164. The molecule has 6 atom stereocenters. The van der Waals surface area contributed by atoms with Crippen LogP contribution in [0.3, 0.4) is 0 Å². The highest BCUT2D eigenvalue weighted by molar-refractivity contribution is 5.89. The molecule has 6 unspecified atom stereocenters. The third kappa shape index (κ3) is 1.87. The van der Waals surface area contributed by atoms with Crippen LogP contribution in [0.15, 0.2) is 12.2 Å². The Bertz CT molecular complexity index is 447. The first kappa shape index (κ1) is 13.9. The highest BCUT2D eigenvalue weighted by atomic mass is 19.4. The van der Waals surface area contributed by atoms with Gasteiger partial charge in [-0.05, 0) is 24.2 Å². The van der Waals surface area contributed by atoms with E-state index in [1.165, 1.54) is 0 Å². The maximum absolute atomic E-state index is 12.4. The predicted octanol–water partition coefficient (Wildman–Crippen LogP) is 1.29. The number of aliphatic hydroxyl groups is 1. The molecule has 0 amide bonds. The zero-order valence-corrected chi connectivity index (χ0v) is 10.6. The molecule has 0 radical (unpaired) electrons. The number of rotatable bonds is 3. The quantitative estimate of drug-likeness (QED) is 0.629. The highest BCUT2D eigenvalue weighted by Gasteiger charge is 2.63. The fraction of sp³-hybridized carbons (Fsp3) is 0.769. The molecule has 2 bridgehead atoms. The monoisotopic (exact) mass is 292 g/mol. The molecule has 3 rings (SSSR count). The normalized spacial score (nSPS) is 42.0. The van der Waals surface area contributed by atoms with Crippen molar-refractivity contribution < 1.29 is 32.5 Å². The highest BCUT2D eigenvalue weighted by Crippen LogP contribution is 2.58. The van der Waals surface area contributed by atoms with E-state index in [1.54, 1.807) is 0 Å². The second kappa shape index (κ2) is 4.46. The summed E-state index contributed by atoms with van der Waals surface area (Å²) in [5.74, 6) is -1.22. The van der Waals surface area contributed by atoms with E-state index in [-0.39, 0.29) is 36.4 Å². The van der Waals surface area contributed by atoms with Crippen molar-refractivity contribution in [3.05, 3.63) is 12.2 Å². The second-order valence-electron chi connectivity index (χ2n) is 5.72. The van der Waals surface area contributed by atoms with Gasteiger partial charge in [-0.15, -0.1) is 0 Å². The Labute approximate surface area is 113 Å². The van der Waals surface area contributed by atoms with Crippen molar-refractivity contribution >= 4 is 5.97 Å². The molecular formula is C13H15F3O4. The Kier molecular flexibility index (Phi) is 3.10. The van der Waals surface area contributed by atoms with Gasteiger partial charge in [0.15, 0.2) is 0 Å². The lowest BCUT2D eigenvalue weighted by atomic mass is 9.79. The average Bonchev–Trinajstić information content (AvgIpc) is 2.97. The maximum atomic E-state index is 12.4. The number of fused-ring (bicyclic) bond motifs is 1. The largest absolute Gasteiger partial charge is 0.456 e. The van der Waals surface area contributed by atoms with E-state index in [9.17, 15) is 23.1 Å². The minimum Gasteiger partial charge on any atom is -0.456 e. The van der Waals surface area contributed by atoms with Crippen molar-refractivity contribution in [1.29, 1.82) is 0 Å². The third-order valence-corrected chi connectivity index (χ3v) is 4.89. The summed E-state index contributed by atoms with van der Waals surface area (Å²) in [4.78, 5) is 11.5. The van der Waals surface area contributed by atoms with Crippen LogP contribution in [0, 0.1) is 23.7 Å². The van der Waals surface area contributed by atoms with Gasteiger partial charge in [-0.25, -0.2) is 4.79 Å². The number of ether oxygens (including phenoxy) is 2. The standard InChI is InChI=1S/C13H15F3O4/c1-5(13(14,15)16)12(18)20-11-6-2-7-9(8(6)3-17)4-19-10(7)11/h6-11,17H,1-4H2. The van der Waals surface area contributed by atoms with Crippen LogP contribution in [0.2, 0.25) is 0 Å². The number of carbonyl (C=O) groups excluding carboxylic acids is 1. The Morgan fingerprint density at radius 3 is 2.65 bits per heavy atom. The summed E-state index contributed by atoms with van der Waals surface area (Å²) in [7, 11) is 0. The van der Waals surface area contributed by atoms with Gasteiger partial charge in [0.2, 0.25) is 0 Å². The average molecular weight is 292 g/mol. The summed E-state index contributed by atoms with van der Waals surface area (Å²) in [5.41, 5.74) is -1.50. The molecule has 112 valence electrons. The molecule has 20 heavy (non-hydrogen) atoms. The van der Waals surface area contributed by atoms with Crippen molar-refractivity contribution in [2.45, 2.75) is 24.8 Å².